The van der Waals surface area contributed by atoms with Crippen molar-refractivity contribution >= 4 is 27.7 Å². The molecule has 16 heavy (non-hydrogen) atoms. The van der Waals surface area contributed by atoms with Gasteiger partial charge in [0.05, 0.1) is 16.8 Å². The summed E-state index contributed by atoms with van der Waals surface area (Å²) in [6.45, 7) is 0. The molecule has 0 aromatic carbocycles. The molecule has 2 rings (SSSR count). The second-order valence-electron chi connectivity index (χ2n) is 4.33. The monoisotopic (exact) mass is 303 g/mol. The summed E-state index contributed by atoms with van der Waals surface area (Å²) in [5.41, 5.74) is 6.11. The summed E-state index contributed by atoms with van der Waals surface area (Å²) in [6.07, 6.45) is 8.58. The normalized spacial score (nSPS) is 19.9. The third-order valence-corrected chi connectivity index (χ3v) is 5.19. The fourth-order valence-corrected chi connectivity index (χ4v) is 3.91. The van der Waals surface area contributed by atoms with Crippen LogP contribution in [0.15, 0.2) is 21.2 Å². The van der Waals surface area contributed by atoms with E-state index in [0.717, 1.165) is 21.2 Å². The van der Waals surface area contributed by atoms with Crippen molar-refractivity contribution in [2.24, 2.45) is 5.73 Å². The standard InChI is InChI=1S/C12H18BrNOS/c13-10-6-7-15-12(10)11(14)8-16-9-4-2-1-3-5-9/h6-7,9,11H,1-5,8,14H2. The summed E-state index contributed by atoms with van der Waals surface area (Å²) >= 11 is 5.46. The molecule has 1 atom stereocenters. The van der Waals surface area contributed by atoms with Crippen LogP contribution in [0.3, 0.4) is 0 Å². The van der Waals surface area contributed by atoms with Crippen LogP contribution in [0.25, 0.3) is 0 Å². The van der Waals surface area contributed by atoms with Crippen molar-refractivity contribution in [3.05, 3.63) is 22.6 Å². The molecule has 0 spiro atoms. The van der Waals surface area contributed by atoms with E-state index in [4.69, 9.17) is 10.2 Å². The Bertz CT molecular complexity index is 323. The Morgan fingerprint density at radius 2 is 2.19 bits per heavy atom. The van der Waals surface area contributed by atoms with Gasteiger partial charge in [0.15, 0.2) is 0 Å². The summed E-state index contributed by atoms with van der Waals surface area (Å²) in [4.78, 5) is 0. The molecule has 1 aliphatic carbocycles. The van der Waals surface area contributed by atoms with E-state index in [0.29, 0.717) is 0 Å². The number of hydrogen-bond acceptors (Lipinski definition) is 3. The molecule has 1 heterocycles. The van der Waals surface area contributed by atoms with Crippen molar-refractivity contribution in [3.63, 3.8) is 0 Å². The average molecular weight is 304 g/mol. The SMILES string of the molecule is NC(CSC1CCCCC1)c1occc1Br. The molecule has 1 aromatic heterocycles. The van der Waals surface area contributed by atoms with Crippen LogP contribution in [-0.4, -0.2) is 11.0 Å². The third-order valence-electron chi connectivity index (χ3n) is 3.05. The molecule has 2 N–H and O–H groups in total. The summed E-state index contributed by atoms with van der Waals surface area (Å²) in [6, 6.07) is 1.91. The molecule has 1 fully saturated rings. The van der Waals surface area contributed by atoms with E-state index in [2.05, 4.69) is 15.9 Å². The van der Waals surface area contributed by atoms with Gasteiger partial charge in [-0.3, -0.25) is 0 Å². The van der Waals surface area contributed by atoms with Gasteiger partial charge in [0.2, 0.25) is 0 Å². The van der Waals surface area contributed by atoms with Crippen LogP contribution < -0.4 is 5.73 Å². The first-order valence-electron chi connectivity index (χ1n) is 5.87. The molecule has 0 saturated heterocycles. The molecule has 0 bridgehead atoms. The van der Waals surface area contributed by atoms with Crippen molar-refractivity contribution < 1.29 is 4.42 Å². The van der Waals surface area contributed by atoms with Crippen LogP contribution in [0, 0.1) is 0 Å². The number of furan rings is 1. The zero-order chi connectivity index (χ0) is 11.4. The van der Waals surface area contributed by atoms with Crippen molar-refractivity contribution in [1.82, 2.24) is 0 Å². The molecule has 1 aliphatic rings. The van der Waals surface area contributed by atoms with Crippen molar-refractivity contribution in [1.29, 1.82) is 0 Å². The second kappa shape index (κ2) is 6.12. The smallest absolute Gasteiger partial charge is 0.135 e. The van der Waals surface area contributed by atoms with E-state index in [1.807, 2.05) is 17.8 Å². The first-order chi connectivity index (χ1) is 7.77. The number of halogens is 1. The van der Waals surface area contributed by atoms with Crippen LogP contribution >= 0.6 is 27.7 Å². The average Bonchev–Trinajstić information content (AvgIpc) is 2.74. The molecule has 1 aromatic rings. The molecule has 90 valence electrons. The summed E-state index contributed by atoms with van der Waals surface area (Å²) in [5.74, 6) is 1.83. The molecule has 0 amide bonds. The number of nitrogens with two attached hydrogens (primary N) is 1. The Hall–Kier alpha value is 0.0700. The molecule has 1 unspecified atom stereocenters. The minimum Gasteiger partial charge on any atom is -0.466 e. The Labute approximate surface area is 109 Å². The zero-order valence-corrected chi connectivity index (χ0v) is 11.7. The van der Waals surface area contributed by atoms with Crippen LogP contribution in [-0.2, 0) is 0 Å². The number of thioether (sulfide) groups is 1. The summed E-state index contributed by atoms with van der Waals surface area (Å²) in [5, 5.41) is 0.813. The molecule has 2 nitrogen and oxygen atoms in total. The van der Waals surface area contributed by atoms with Gasteiger partial charge in [-0.1, -0.05) is 19.3 Å². The lowest BCUT2D eigenvalue weighted by atomic mass is 10.0. The first-order valence-corrected chi connectivity index (χ1v) is 7.71. The fraction of sp³-hybridized carbons (Fsp3) is 0.667. The highest BCUT2D eigenvalue weighted by molar-refractivity contribution is 9.10. The second-order valence-corrected chi connectivity index (χ2v) is 6.52. The van der Waals surface area contributed by atoms with Gasteiger partial charge in [-0.15, -0.1) is 0 Å². The van der Waals surface area contributed by atoms with Crippen LogP contribution in [0.2, 0.25) is 0 Å². The zero-order valence-electron chi connectivity index (χ0n) is 9.32. The predicted octanol–water partition coefficient (Wildman–Crippen LogP) is 4.11. The molecule has 0 radical (unpaired) electrons. The van der Waals surface area contributed by atoms with E-state index in [1.165, 1.54) is 32.1 Å². The summed E-state index contributed by atoms with van der Waals surface area (Å²) in [7, 11) is 0. The van der Waals surface area contributed by atoms with Gasteiger partial charge in [-0.05, 0) is 34.8 Å². The van der Waals surface area contributed by atoms with E-state index < -0.39 is 0 Å². The van der Waals surface area contributed by atoms with Crippen LogP contribution in [0.5, 0.6) is 0 Å². The van der Waals surface area contributed by atoms with Gasteiger partial charge in [0.25, 0.3) is 0 Å². The lowest BCUT2D eigenvalue weighted by molar-refractivity contribution is 0.478. The van der Waals surface area contributed by atoms with Gasteiger partial charge in [0, 0.05) is 11.0 Å². The maximum Gasteiger partial charge on any atom is 0.135 e. The van der Waals surface area contributed by atoms with E-state index in [9.17, 15) is 0 Å². The third kappa shape index (κ3) is 3.28. The summed E-state index contributed by atoms with van der Waals surface area (Å²) < 4.78 is 6.37. The Kier molecular flexibility index (Phi) is 4.79. The van der Waals surface area contributed by atoms with Crippen LogP contribution in [0.1, 0.15) is 43.9 Å². The fourth-order valence-electron chi connectivity index (χ4n) is 2.12. The van der Waals surface area contributed by atoms with Crippen LogP contribution in [0.4, 0.5) is 0 Å². The molecular formula is C12H18BrNOS. The molecule has 1 saturated carbocycles. The molecule has 4 heteroatoms. The van der Waals surface area contributed by atoms with E-state index >= 15 is 0 Å². The topological polar surface area (TPSA) is 39.2 Å². The highest BCUT2D eigenvalue weighted by atomic mass is 79.9. The highest BCUT2D eigenvalue weighted by Gasteiger charge is 2.18. The number of hydrogen-bond donors (Lipinski definition) is 1. The molecule has 0 aliphatic heterocycles. The van der Waals surface area contributed by atoms with Crippen molar-refractivity contribution in [2.75, 3.05) is 5.75 Å². The Balaban J connectivity index is 1.79. The van der Waals surface area contributed by atoms with Gasteiger partial charge < -0.3 is 10.2 Å². The van der Waals surface area contributed by atoms with Gasteiger partial charge in [-0.2, -0.15) is 11.8 Å². The highest BCUT2D eigenvalue weighted by Crippen LogP contribution is 2.32. The minimum atomic E-state index is 0.0105. The van der Waals surface area contributed by atoms with Gasteiger partial charge in [-0.25, -0.2) is 0 Å². The molecular weight excluding hydrogens is 286 g/mol. The number of rotatable bonds is 4. The van der Waals surface area contributed by atoms with Gasteiger partial charge >= 0.3 is 0 Å². The maximum absolute atomic E-state index is 6.11. The maximum atomic E-state index is 6.11. The van der Waals surface area contributed by atoms with Gasteiger partial charge in [0.1, 0.15) is 5.76 Å². The Morgan fingerprint density at radius 1 is 1.44 bits per heavy atom. The lowest BCUT2D eigenvalue weighted by Gasteiger charge is -2.22. The van der Waals surface area contributed by atoms with E-state index in [-0.39, 0.29) is 6.04 Å². The first kappa shape index (κ1) is 12.5. The quantitative estimate of drug-likeness (QED) is 0.910. The largest absolute Gasteiger partial charge is 0.466 e. The Morgan fingerprint density at radius 3 is 2.81 bits per heavy atom. The van der Waals surface area contributed by atoms with E-state index in [1.54, 1.807) is 6.26 Å². The van der Waals surface area contributed by atoms with Crippen molar-refractivity contribution in [3.8, 4) is 0 Å². The lowest BCUT2D eigenvalue weighted by Crippen LogP contribution is -2.16. The van der Waals surface area contributed by atoms with Crippen molar-refractivity contribution in [2.45, 2.75) is 43.4 Å². The predicted molar refractivity (Wildman–Crippen MR) is 72.7 cm³/mol. The minimum absolute atomic E-state index is 0.0105.